The van der Waals surface area contributed by atoms with Gasteiger partial charge in [-0.15, -0.1) is 0 Å². The lowest BCUT2D eigenvalue weighted by Gasteiger charge is -1.96. The largest absolute Gasteiger partial charge is 0.390 e. The lowest BCUT2D eigenvalue weighted by Crippen LogP contribution is -1.88. The number of aromatic nitrogens is 1. The molecule has 1 heterocycles. The summed E-state index contributed by atoms with van der Waals surface area (Å²) in [6, 6.07) is 3.28. The van der Waals surface area contributed by atoms with E-state index >= 15 is 0 Å². The third-order valence-electron chi connectivity index (χ3n) is 0.974. The third kappa shape index (κ3) is 1.94. The number of aliphatic hydroxyl groups excluding tert-OH is 1. The molecule has 0 fully saturated rings. The highest BCUT2D eigenvalue weighted by Gasteiger charge is 1.96. The summed E-state index contributed by atoms with van der Waals surface area (Å²) < 4.78 is 0.643. The fourth-order valence-electron chi connectivity index (χ4n) is 0.597. The summed E-state index contributed by atoms with van der Waals surface area (Å²) in [6.07, 6.45) is 0. The van der Waals surface area contributed by atoms with Crippen molar-refractivity contribution in [3.05, 3.63) is 27.5 Å². The summed E-state index contributed by atoms with van der Waals surface area (Å²) in [6.45, 7) is -0.0842. The van der Waals surface area contributed by atoms with Gasteiger partial charge in [0.1, 0.15) is 4.60 Å². The van der Waals surface area contributed by atoms with Crippen LogP contribution in [0.5, 0.6) is 0 Å². The van der Waals surface area contributed by atoms with E-state index in [4.69, 9.17) is 16.7 Å². The van der Waals surface area contributed by atoms with Crippen LogP contribution < -0.4 is 0 Å². The Morgan fingerprint density at radius 1 is 1.60 bits per heavy atom. The van der Waals surface area contributed by atoms with E-state index in [1.54, 1.807) is 12.1 Å². The van der Waals surface area contributed by atoms with Crippen LogP contribution in [-0.4, -0.2) is 10.1 Å². The van der Waals surface area contributed by atoms with Crippen molar-refractivity contribution in [2.75, 3.05) is 0 Å². The first-order valence-corrected chi connectivity index (χ1v) is 3.82. The minimum Gasteiger partial charge on any atom is -0.390 e. The SMILES string of the molecule is OCc1cc(Cl)cc(Br)n1. The fraction of sp³-hybridized carbons (Fsp3) is 0.167. The predicted molar refractivity (Wildman–Crippen MR) is 42.9 cm³/mol. The summed E-state index contributed by atoms with van der Waals surface area (Å²) >= 11 is 8.79. The maximum atomic E-state index is 8.64. The molecule has 0 unspecified atom stereocenters. The normalized spacial score (nSPS) is 9.90. The van der Waals surface area contributed by atoms with E-state index in [9.17, 15) is 0 Å². The number of aliphatic hydroxyl groups is 1. The molecule has 10 heavy (non-hydrogen) atoms. The van der Waals surface area contributed by atoms with Crippen LogP contribution in [0.1, 0.15) is 5.69 Å². The molecule has 1 aromatic rings. The molecule has 0 aliphatic rings. The average Bonchev–Trinajstić information content (AvgIpc) is 1.85. The Balaban J connectivity index is 3.06. The highest BCUT2D eigenvalue weighted by Crippen LogP contribution is 2.15. The zero-order valence-corrected chi connectivity index (χ0v) is 7.35. The summed E-state index contributed by atoms with van der Waals surface area (Å²) in [5, 5.41) is 9.22. The molecule has 0 aliphatic carbocycles. The lowest BCUT2D eigenvalue weighted by atomic mass is 10.4. The Hall–Kier alpha value is -0.120. The van der Waals surface area contributed by atoms with Gasteiger partial charge in [0.2, 0.25) is 0 Å². The van der Waals surface area contributed by atoms with Crippen LogP contribution in [0.2, 0.25) is 5.02 Å². The van der Waals surface area contributed by atoms with Crippen molar-refractivity contribution in [3.8, 4) is 0 Å². The van der Waals surface area contributed by atoms with Gasteiger partial charge in [-0.3, -0.25) is 0 Å². The zero-order chi connectivity index (χ0) is 7.56. The third-order valence-corrected chi connectivity index (χ3v) is 1.60. The van der Waals surface area contributed by atoms with Crippen molar-refractivity contribution < 1.29 is 5.11 Å². The summed E-state index contributed by atoms with van der Waals surface area (Å²) in [5.74, 6) is 0. The molecular weight excluding hydrogens is 217 g/mol. The fourth-order valence-corrected chi connectivity index (χ4v) is 1.43. The molecule has 2 nitrogen and oxygen atoms in total. The monoisotopic (exact) mass is 221 g/mol. The zero-order valence-electron chi connectivity index (χ0n) is 5.01. The van der Waals surface area contributed by atoms with Crippen LogP contribution >= 0.6 is 27.5 Å². The number of rotatable bonds is 1. The highest BCUT2D eigenvalue weighted by atomic mass is 79.9. The van der Waals surface area contributed by atoms with Gasteiger partial charge in [-0.2, -0.15) is 0 Å². The van der Waals surface area contributed by atoms with E-state index in [-0.39, 0.29) is 6.61 Å². The van der Waals surface area contributed by atoms with Gasteiger partial charge in [-0.25, -0.2) is 4.98 Å². The van der Waals surface area contributed by atoms with Crippen molar-refractivity contribution in [1.82, 2.24) is 4.98 Å². The van der Waals surface area contributed by atoms with Gasteiger partial charge in [0.25, 0.3) is 0 Å². The van der Waals surface area contributed by atoms with Crippen molar-refractivity contribution in [2.24, 2.45) is 0 Å². The van der Waals surface area contributed by atoms with Crippen LogP contribution in [0, 0.1) is 0 Å². The molecule has 0 bridgehead atoms. The molecule has 0 atom stereocenters. The van der Waals surface area contributed by atoms with Gasteiger partial charge in [-0.1, -0.05) is 11.6 Å². The molecule has 0 radical (unpaired) electrons. The Kier molecular flexibility index (Phi) is 2.65. The minimum absolute atomic E-state index is 0.0842. The molecule has 54 valence electrons. The summed E-state index contributed by atoms with van der Waals surface area (Å²) in [7, 11) is 0. The lowest BCUT2D eigenvalue weighted by molar-refractivity contribution is 0.276. The second-order valence-corrected chi connectivity index (χ2v) is 3.01. The topological polar surface area (TPSA) is 33.1 Å². The average molecular weight is 222 g/mol. The van der Waals surface area contributed by atoms with E-state index in [0.717, 1.165) is 0 Å². The number of halogens is 2. The maximum Gasteiger partial charge on any atom is 0.107 e. The molecule has 1 aromatic heterocycles. The van der Waals surface area contributed by atoms with Gasteiger partial charge in [0, 0.05) is 5.02 Å². The molecular formula is C6H5BrClNO. The Morgan fingerprint density at radius 3 is 2.80 bits per heavy atom. The molecule has 4 heteroatoms. The molecule has 0 aliphatic heterocycles. The molecule has 0 aromatic carbocycles. The number of nitrogens with zero attached hydrogens (tertiary/aromatic N) is 1. The molecule has 0 amide bonds. The number of pyridine rings is 1. The first-order valence-electron chi connectivity index (χ1n) is 2.65. The van der Waals surface area contributed by atoms with Crippen molar-refractivity contribution in [2.45, 2.75) is 6.61 Å². The van der Waals surface area contributed by atoms with Crippen LogP contribution in [-0.2, 0) is 6.61 Å². The van der Waals surface area contributed by atoms with E-state index in [2.05, 4.69) is 20.9 Å². The molecule has 1 N–H and O–H groups in total. The van der Waals surface area contributed by atoms with Gasteiger partial charge >= 0.3 is 0 Å². The first-order chi connectivity index (χ1) is 4.72. The van der Waals surface area contributed by atoms with Crippen LogP contribution in [0.3, 0.4) is 0 Å². The van der Waals surface area contributed by atoms with E-state index in [1.807, 2.05) is 0 Å². The maximum absolute atomic E-state index is 8.64. The van der Waals surface area contributed by atoms with E-state index < -0.39 is 0 Å². The standard InChI is InChI=1S/C6H5BrClNO/c7-6-2-4(8)1-5(3-10)9-6/h1-2,10H,3H2. The van der Waals surface area contributed by atoms with Gasteiger partial charge in [0.15, 0.2) is 0 Å². The van der Waals surface area contributed by atoms with Crippen LogP contribution in [0.25, 0.3) is 0 Å². The summed E-state index contributed by atoms with van der Waals surface area (Å²) in [5.41, 5.74) is 0.569. The number of hydrogen-bond acceptors (Lipinski definition) is 2. The molecule has 0 spiro atoms. The Labute approximate surface area is 72.0 Å². The highest BCUT2D eigenvalue weighted by molar-refractivity contribution is 9.10. The van der Waals surface area contributed by atoms with Gasteiger partial charge in [-0.05, 0) is 28.1 Å². The van der Waals surface area contributed by atoms with Crippen LogP contribution in [0.15, 0.2) is 16.7 Å². The number of hydrogen-bond donors (Lipinski definition) is 1. The second kappa shape index (κ2) is 3.32. The molecule has 1 rings (SSSR count). The Morgan fingerprint density at radius 2 is 2.30 bits per heavy atom. The van der Waals surface area contributed by atoms with Gasteiger partial charge in [0.05, 0.1) is 12.3 Å². The van der Waals surface area contributed by atoms with E-state index in [1.165, 1.54) is 0 Å². The summed E-state index contributed by atoms with van der Waals surface area (Å²) in [4.78, 5) is 3.93. The van der Waals surface area contributed by atoms with Crippen LogP contribution in [0.4, 0.5) is 0 Å². The quantitative estimate of drug-likeness (QED) is 0.737. The van der Waals surface area contributed by atoms with Crippen molar-refractivity contribution in [1.29, 1.82) is 0 Å². The van der Waals surface area contributed by atoms with Crippen molar-refractivity contribution in [3.63, 3.8) is 0 Å². The van der Waals surface area contributed by atoms with Gasteiger partial charge < -0.3 is 5.11 Å². The second-order valence-electron chi connectivity index (χ2n) is 1.76. The Bertz CT molecular complexity index is 221. The van der Waals surface area contributed by atoms with E-state index in [0.29, 0.717) is 15.3 Å². The predicted octanol–water partition coefficient (Wildman–Crippen LogP) is 1.99. The molecule has 0 saturated heterocycles. The first kappa shape index (κ1) is 7.98. The minimum atomic E-state index is -0.0842. The molecule has 0 saturated carbocycles. The smallest absolute Gasteiger partial charge is 0.107 e. The van der Waals surface area contributed by atoms with Crippen molar-refractivity contribution >= 4 is 27.5 Å².